The van der Waals surface area contributed by atoms with Gasteiger partial charge in [0.05, 0.1) is 7.11 Å². The van der Waals surface area contributed by atoms with Crippen LogP contribution in [0, 0.1) is 5.92 Å². The molecule has 29 heavy (non-hydrogen) atoms. The van der Waals surface area contributed by atoms with Crippen LogP contribution in [0.1, 0.15) is 12.8 Å². The van der Waals surface area contributed by atoms with Gasteiger partial charge in [0, 0.05) is 50.2 Å². The van der Waals surface area contributed by atoms with Crippen LogP contribution >= 0.6 is 12.4 Å². The lowest BCUT2D eigenvalue weighted by Gasteiger charge is -2.42. The number of amides is 1. The molecule has 2 saturated heterocycles. The topological polar surface area (TPSA) is 95.1 Å². The molecule has 0 bridgehead atoms. The number of methoxy groups -OCH3 is 1. The third kappa shape index (κ3) is 5.33. The van der Waals surface area contributed by atoms with Crippen molar-refractivity contribution in [2.24, 2.45) is 5.92 Å². The van der Waals surface area contributed by atoms with E-state index < -0.39 is 5.97 Å². The molecule has 1 amide bonds. The van der Waals surface area contributed by atoms with Crippen molar-refractivity contribution in [2.75, 3.05) is 51.3 Å². The molecule has 0 aliphatic carbocycles. The first-order chi connectivity index (χ1) is 13.7. The first-order valence-corrected chi connectivity index (χ1v) is 9.43. The van der Waals surface area contributed by atoms with Crippen molar-refractivity contribution < 1.29 is 19.1 Å². The van der Waals surface area contributed by atoms with Gasteiger partial charge in [-0.3, -0.25) is 9.78 Å². The third-order valence-electron chi connectivity index (χ3n) is 5.15. The number of nitrogens with zero attached hydrogens (tertiary/aromatic N) is 4. The smallest absolute Gasteiger partial charge is 0.367 e. The van der Waals surface area contributed by atoms with Gasteiger partial charge >= 0.3 is 5.97 Å². The monoisotopic (exact) mass is 423 g/mol. The molecule has 2 fully saturated rings. The largest absolute Gasteiger partial charge is 0.464 e. The Morgan fingerprint density at radius 1 is 1.17 bits per heavy atom. The number of piperidine rings is 1. The average Bonchev–Trinajstić information content (AvgIpc) is 2.78. The van der Waals surface area contributed by atoms with Crippen LogP contribution < -0.4 is 10.2 Å². The summed E-state index contributed by atoms with van der Waals surface area (Å²) in [5.74, 6) is 0.288. The van der Waals surface area contributed by atoms with E-state index in [1.54, 1.807) is 23.3 Å². The molecule has 1 N–H and O–H groups in total. The molecule has 9 nitrogen and oxygen atoms in total. The lowest BCUT2D eigenvalue weighted by atomic mass is 9.97. The summed E-state index contributed by atoms with van der Waals surface area (Å²) in [4.78, 5) is 43.1. The number of nitrogens with one attached hydrogen (secondary N) is 1. The van der Waals surface area contributed by atoms with E-state index in [9.17, 15) is 14.4 Å². The predicted octanol–water partition coefficient (Wildman–Crippen LogP) is 0.257. The normalized spacial score (nSPS) is 17.6. The summed E-state index contributed by atoms with van der Waals surface area (Å²) in [6, 6.07) is 3.86. The van der Waals surface area contributed by atoms with Gasteiger partial charge in [0.25, 0.3) is 0 Å². The van der Waals surface area contributed by atoms with Crippen molar-refractivity contribution in [3.05, 3.63) is 30.2 Å². The minimum atomic E-state index is -0.853. The summed E-state index contributed by atoms with van der Waals surface area (Å²) in [6.45, 7) is 3.74. The molecule has 0 saturated carbocycles. The Kier molecular flexibility index (Phi) is 8.60. The second-order valence-corrected chi connectivity index (χ2v) is 6.76. The number of ether oxygens (including phenoxy) is 1. The van der Waals surface area contributed by atoms with E-state index in [0.717, 1.165) is 18.8 Å². The molecule has 10 heteroatoms. The number of esters is 1. The van der Waals surface area contributed by atoms with Crippen molar-refractivity contribution in [2.45, 2.75) is 12.8 Å². The predicted molar refractivity (Wildman–Crippen MR) is 109 cm³/mol. The maximum absolute atomic E-state index is 13.2. The van der Waals surface area contributed by atoms with E-state index in [4.69, 9.17) is 4.74 Å². The van der Waals surface area contributed by atoms with Gasteiger partial charge in [0.1, 0.15) is 0 Å². The fourth-order valence-electron chi connectivity index (χ4n) is 3.61. The number of pyridine rings is 1. The molecule has 0 spiro atoms. The fourth-order valence-corrected chi connectivity index (χ4v) is 3.61. The zero-order chi connectivity index (χ0) is 19.9. The molecule has 2 aliphatic rings. The van der Waals surface area contributed by atoms with Gasteiger partial charge in [0.15, 0.2) is 5.94 Å². The van der Waals surface area contributed by atoms with Gasteiger partial charge in [-0.15, -0.1) is 12.4 Å². The van der Waals surface area contributed by atoms with Crippen LogP contribution in [0.3, 0.4) is 0 Å². The second-order valence-electron chi connectivity index (χ2n) is 6.76. The molecule has 1 aromatic heterocycles. The van der Waals surface area contributed by atoms with E-state index in [-0.39, 0.29) is 29.9 Å². The number of aromatic nitrogens is 1. The van der Waals surface area contributed by atoms with Gasteiger partial charge < -0.3 is 15.0 Å². The van der Waals surface area contributed by atoms with Crippen LogP contribution in [-0.2, 0) is 19.1 Å². The quantitative estimate of drug-likeness (QED) is 0.409. The minimum absolute atomic E-state index is 0. The van der Waals surface area contributed by atoms with Crippen molar-refractivity contribution >= 4 is 35.9 Å². The number of halogens is 1. The van der Waals surface area contributed by atoms with Crippen LogP contribution in [0.2, 0.25) is 0 Å². The maximum atomic E-state index is 13.2. The number of anilines is 1. The number of piperazine rings is 1. The molecule has 3 rings (SSSR count). The highest BCUT2D eigenvalue weighted by Crippen LogP contribution is 2.22. The average molecular weight is 424 g/mol. The number of hydrazine groups is 1. The number of carbonyl (C=O) groups excluding carboxylic acids is 3. The van der Waals surface area contributed by atoms with Gasteiger partial charge in [-0.1, -0.05) is 0 Å². The van der Waals surface area contributed by atoms with Crippen molar-refractivity contribution in [3.63, 3.8) is 0 Å². The summed E-state index contributed by atoms with van der Waals surface area (Å²) in [6.07, 6.45) is 4.80. The lowest BCUT2D eigenvalue weighted by Crippen LogP contribution is -2.58. The van der Waals surface area contributed by atoms with Crippen LogP contribution in [0.25, 0.3) is 0 Å². The highest BCUT2D eigenvalue weighted by Gasteiger charge is 2.37. The third-order valence-corrected chi connectivity index (χ3v) is 5.15. The highest BCUT2D eigenvalue weighted by atomic mass is 35.5. The lowest BCUT2D eigenvalue weighted by molar-refractivity contribution is -0.157. The highest BCUT2D eigenvalue weighted by molar-refractivity contribution is 6.00. The zero-order valence-electron chi connectivity index (χ0n) is 16.4. The molecular formula is C19H26ClN5O4. The molecule has 0 atom stereocenters. The summed E-state index contributed by atoms with van der Waals surface area (Å²) < 4.78 is 4.71. The Labute approximate surface area is 176 Å². The number of hydrogen-bond acceptors (Lipinski definition) is 8. The molecule has 2 aliphatic heterocycles. The Morgan fingerprint density at radius 3 is 2.34 bits per heavy atom. The van der Waals surface area contributed by atoms with E-state index in [1.165, 1.54) is 12.1 Å². The molecule has 0 unspecified atom stereocenters. The Hall–Kier alpha value is -2.45. The van der Waals surface area contributed by atoms with Crippen LogP contribution in [0.4, 0.5) is 5.69 Å². The summed E-state index contributed by atoms with van der Waals surface area (Å²) in [5.41, 5.74) is 0.661. The van der Waals surface area contributed by atoms with E-state index in [2.05, 4.69) is 15.2 Å². The SMILES string of the molecule is COC(=O)C(=C=O)N(C(=O)C1CCNCC1)N1CCN(c2ccncc2)CC1.Cl. The van der Waals surface area contributed by atoms with E-state index >= 15 is 0 Å². The van der Waals surface area contributed by atoms with Crippen LogP contribution in [0.15, 0.2) is 30.2 Å². The first kappa shape index (κ1) is 22.8. The second kappa shape index (κ2) is 10.9. The van der Waals surface area contributed by atoms with Gasteiger partial charge in [0.2, 0.25) is 11.6 Å². The summed E-state index contributed by atoms with van der Waals surface area (Å²) in [5, 5.41) is 6.17. The van der Waals surface area contributed by atoms with E-state index in [1.807, 2.05) is 12.1 Å². The van der Waals surface area contributed by atoms with Crippen molar-refractivity contribution in [1.82, 2.24) is 20.3 Å². The zero-order valence-corrected chi connectivity index (χ0v) is 17.2. The summed E-state index contributed by atoms with van der Waals surface area (Å²) >= 11 is 0. The number of carbonyl (C=O) groups is 2. The Bertz CT molecular complexity index is 742. The van der Waals surface area contributed by atoms with Crippen LogP contribution in [-0.4, -0.2) is 79.2 Å². The Balaban J connectivity index is 0.00000300. The standard InChI is InChI=1S/C19H25N5O4.ClH/c1-28-19(27)17(14-25)24(18(26)15-2-6-20-7-3-15)23-12-10-22(11-13-23)16-4-8-21-9-5-16;/h4-5,8-9,15,20H,2-3,6-7,10-13H2,1H3;1H. The fraction of sp³-hybridized carbons (Fsp3) is 0.526. The molecule has 0 radical (unpaired) electrons. The van der Waals surface area contributed by atoms with E-state index in [0.29, 0.717) is 39.0 Å². The van der Waals surface area contributed by atoms with Crippen molar-refractivity contribution in [1.29, 1.82) is 0 Å². The first-order valence-electron chi connectivity index (χ1n) is 9.43. The molecule has 1 aromatic rings. The maximum Gasteiger partial charge on any atom is 0.367 e. The minimum Gasteiger partial charge on any atom is -0.464 e. The van der Waals surface area contributed by atoms with Crippen molar-refractivity contribution in [3.8, 4) is 0 Å². The molecule has 158 valence electrons. The van der Waals surface area contributed by atoms with Gasteiger partial charge in [-0.25, -0.2) is 19.6 Å². The molecule has 3 heterocycles. The summed E-state index contributed by atoms with van der Waals surface area (Å²) in [7, 11) is 1.19. The number of rotatable bonds is 5. The van der Waals surface area contributed by atoms with Crippen LogP contribution in [0.5, 0.6) is 0 Å². The number of hydrogen-bond donors (Lipinski definition) is 1. The van der Waals surface area contributed by atoms with Gasteiger partial charge in [-0.2, -0.15) is 0 Å². The molecule has 0 aromatic carbocycles. The van der Waals surface area contributed by atoms with Gasteiger partial charge in [-0.05, 0) is 38.1 Å². The molecular weight excluding hydrogens is 398 g/mol. The Morgan fingerprint density at radius 2 is 1.79 bits per heavy atom.